The van der Waals surface area contributed by atoms with Gasteiger partial charge in [0.15, 0.2) is 0 Å². The summed E-state index contributed by atoms with van der Waals surface area (Å²) < 4.78 is 29.0. The zero-order valence-corrected chi connectivity index (χ0v) is 23.1. The molecule has 0 unspecified atom stereocenters. The Hall–Kier alpha value is -4.31. The van der Waals surface area contributed by atoms with Crippen molar-refractivity contribution in [1.29, 1.82) is 0 Å². The summed E-state index contributed by atoms with van der Waals surface area (Å²) in [4.78, 5) is 45.3. The number of hydrogen-bond acceptors (Lipinski definition) is 5. The number of nitrogens with zero attached hydrogens (tertiary/aromatic N) is 4. The maximum atomic E-state index is 14.5. The molecule has 218 valence electrons. The fraction of sp³-hybridized carbons (Fsp3) is 0.344. The molecule has 1 spiro atoms. The summed E-state index contributed by atoms with van der Waals surface area (Å²) in [6.07, 6.45) is 1.72. The van der Waals surface area contributed by atoms with Crippen LogP contribution in [-0.2, 0) is 22.1 Å². The Morgan fingerprint density at radius 3 is 2.31 bits per heavy atom. The van der Waals surface area contributed by atoms with E-state index < -0.39 is 23.3 Å². The summed E-state index contributed by atoms with van der Waals surface area (Å²) in [6, 6.07) is 22.5. The minimum atomic E-state index is -3.50. The summed E-state index contributed by atoms with van der Waals surface area (Å²) in [5.41, 5.74) is 1.20. The van der Waals surface area contributed by atoms with Gasteiger partial charge < -0.3 is 24.7 Å². The highest BCUT2D eigenvalue weighted by Gasteiger charge is 2.54. The number of rotatable bonds is 8. The SMILES string of the molecule is O=C(O)c1cccc(CN2CN(c3ccccc3)C3(CCN(CCCN4C(=O)C(F)(F)c5ccccc54)CC3)C2=O)c1. The lowest BCUT2D eigenvalue weighted by Crippen LogP contribution is -2.56. The number of likely N-dealkylation sites (tertiary alicyclic amines) is 1. The Labute approximate surface area is 242 Å². The second-order valence-corrected chi connectivity index (χ2v) is 11.2. The highest BCUT2D eigenvalue weighted by Crippen LogP contribution is 2.44. The third kappa shape index (κ3) is 4.79. The van der Waals surface area contributed by atoms with Crippen molar-refractivity contribution in [3.8, 4) is 0 Å². The molecule has 1 N–H and O–H groups in total. The Balaban J connectivity index is 1.13. The number of carboxylic acids is 1. The Bertz CT molecular complexity index is 1510. The average molecular weight is 575 g/mol. The largest absolute Gasteiger partial charge is 0.478 e. The molecule has 6 rings (SSSR count). The molecule has 8 nitrogen and oxygen atoms in total. The van der Waals surface area contributed by atoms with Crippen LogP contribution in [0, 0.1) is 0 Å². The molecule has 0 radical (unpaired) electrons. The van der Waals surface area contributed by atoms with E-state index in [1.807, 2.05) is 36.4 Å². The van der Waals surface area contributed by atoms with Crippen LogP contribution in [0.4, 0.5) is 20.2 Å². The summed E-state index contributed by atoms with van der Waals surface area (Å²) in [5.74, 6) is -5.66. The minimum absolute atomic E-state index is 0.0215. The number of carboxylic acid groups (broad SMARTS) is 1. The molecule has 0 bridgehead atoms. The van der Waals surface area contributed by atoms with Crippen LogP contribution in [0.1, 0.15) is 40.7 Å². The van der Waals surface area contributed by atoms with Crippen LogP contribution in [0.25, 0.3) is 0 Å². The lowest BCUT2D eigenvalue weighted by Gasteiger charge is -2.43. The lowest BCUT2D eigenvalue weighted by atomic mass is 9.85. The van der Waals surface area contributed by atoms with E-state index in [9.17, 15) is 28.3 Å². The summed E-state index contributed by atoms with van der Waals surface area (Å²) in [7, 11) is 0. The van der Waals surface area contributed by atoms with Crippen LogP contribution in [0.5, 0.6) is 0 Å². The number of para-hydroxylation sites is 2. The van der Waals surface area contributed by atoms with E-state index in [-0.39, 0.29) is 29.3 Å². The first kappa shape index (κ1) is 27.8. The van der Waals surface area contributed by atoms with Crippen molar-refractivity contribution in [2.75, 3.05) is 42.6 Å². The smallest absolute Gasteiger partial charge is 0.352 e. The van der Waals surface area contributed by atoms with Crippen LogP contribution >= 0.6 is 0 Å². The highest BCUT2D eigenvalue weighted by atomic mass is 19.3. The molecule has 2 fully saturated rings. The molecule has 0 aliphatic carbocycles. The number of piperidine rings is 1. The molecule has 3 aromatic carbocycles. The first-order valence-electron chi connectivity index (χ1n) is 14.2. The molecular formula is C32H32F2N4O4. The van der Waals surface area contributed by atoms with Crippen molar-refractivity contribution in [2.45, 2.75) is 37.3 Å². The van der Waals surface area contributed by atoms with Crippen molar-refractivity contribution in [3.63, 3.8) is 0 Å². The van der Waals surface area contributed by atoms with Gasteiger partial charge in [0.2, 0.25) is 5.91 Å². The fourth-order valence-electron chi connectivity index (χ4n) is 6.54. The van der Waals surface area contributed by atoms with Gasteiger partial charge in [-0.1, -0.05) is 48.5 Å². The molecule has 42 heavy (non-hydrogen) atoms. The molecule has 3 aliphatic heterocycles. The zero-order valence-electron chi connectivity index (χ0n) is 23.1. The van der Waals surface area contributed by atoms with E-state index in [0.717, 1.165) is 11.3 Å². The van der Waals surface area contributed by atoms with Crippen molar-refractivity contribution in [3.05, 3.63) is 95.6 Å². The minimum Gasteiger partial charge on any atom is -0.478 e. The molecule has 3 aliphatic rings. The number of amides is 2. The van der Waals surface area contributed by atoms with Crippen LogP contribution in [0.15, 0.2) is 78.9 Å². The molecular weight excluding hydrogens is 542 g/mol. The molecule has 0 aromatic heterocycles. The van der Waals surface area contributed by atoms with Gasteiger partial charge >= 0.3 is 17.8 Å². The van der Waals surface area contributed by atoms with E-state index in [1.165, 1.54) is 23.1 Å². The molecule has 3 aromatic rings. The van der Waals surface area contributed by atoms with Gasteiger partial charge in [-0.15, -0.1) is 0 Å². The van der Waals surface area contributed by atoms with E-state index in [4.69, 9.17) is 0 Å². The molecule has 3 heterocycles. The maximum Gasteiger partial charge on any atom is 0.352 e. The number of benzene rings is 3. The van der Waals surface area contributed by atoms with Crippen molar-refractivity contribution in [1.82, 2.24) is 9.80 Å². The Morgan fingerprint density at radius 1 is 0.857 bits per heavy atom. The highest BCUT2D eigenvalue weighted by molar-refractivity contribution is 6.05. The van der Waals surface area contributed by atoms with Gasteiger partial charge in [0.05, 0.1) is 23.5 Å². The fourth-order valence-corrected chi connectivity index (χ4v) is 6.54. The van der Waals surface area contributed by atoms with Gasteiger partial charge in [0, 0.05) is 31.9 Å². The van der Waals surface area contributed by atoms with Crippen LogP contribution in [-0.4, -0.2) is 71.1 Å². The number of hydrogen-bond donors (Lipinski definition) is 1. The van der Waals surface area contributed by atoms with E-state index in [1.54, 1.807) is 29.2 Å². The van der Waals surface area contributed by atoms with Crippen molar-refractivity contribution in [2.24, 2.45) is 0 Å². The molecule has 2 saturated heterocycles. The lowest BCUT2D eigenvalue weighted by molar-refractivity contribution is -0.141. The molecule has 10 heteroatoms. The van der Waals surface area contributed by atoms with Gasteiger partial charge in [0.1, 0.15) is 5.54 Å². The number of anilines is 2. The number of carbonyl (C=O) groups excluding carboxylic acids is 2. The quantitative estimate of drug-likeness (QED) is 0.425. The zero-order chi connectivity index (χ0) is 29.5. The number of aromatic carboxylic acids is 1. The molecule has 0 saturated carbocycles. The third-order valence-electron chi connectivity index (χ3n) is 8.72. The monoisotopic (exact) mass is 574 g/mol. The van der Waals surface area contributed by atoms with E-state index in [0.29, 0.717) is 52.1 Å². The Kier molecular flexibility index (Phi) is 7.18. The second kappa shape index (κ2) is 10.8. The maximum absolute atomic E-state index is 14.5. The number of alkyl halides is 2. The topological polar surface area (TPSA) is 84.4 Å². The van der Waals surface area contributed by atoms with Gasteiger partial charge in [-0.2, -0.15) is 8.78 Å². The summed E-state index contributed by atoms with van der Waals surface area (Å²) in [6.45, 7) is 2.83. The molecule has 2 amide bonds. The van der Waals surface area contributed by atoms with E-state index >= 15 is 0 Å². The average Bonchev–Trinajstić information content (AvgIpc) is 3.37. The number of halogens is 2. The normalized spacial score (nSPS) is 19.5. The van der Waals surface area contributed by atoms with Crippen LogP contribution in [0.2, 0.25) is 0 Å². The van der Waals surface area contributed by atoms with Crippen LogP contribution < -0.4 is 9.80 Å². The Morgan fingerprint density at radius 2 is 1.57 bits per heavy atom. The van der Waals surface area contributed by atoms with Gasteiger partial charge in [0.25, 0.3) is 0 Å². The van der Waals surface area contributed by atoms with Gasteiger partial charge in [-0.3, -0.25) is 9.59 Å². The first-order chi connectivity index (χ1) is 20.2. The van der Waals surface area contributed by atoms with Crippen molar-refractivity contribution >= 4 is 29.2 Å². The summed E-state index contributed by atoms with van der Waals surface area (Å²) in [5, 5.41) is 9.39. The van der Waals surface area contributed by atoms with Gasteiger partial charge in [-0.25, -0.2) is 4.79 Å². The molecule has 0 atom stereocenters. The third-order valence-corrected chi connectivity index (χ3v) is 8.72. The standard InChI is InChI=1S/C32H32F2N4O4/c33-32(34)26-12-4-5-13-27(26)37(30(32)42)17-7-16-35-18-14-31(15-19-35)29(41)36(22-38(31)25-10-2-1-3-11-25)21-23-8-6-9-24(20-23)28(39)40/h1-6,8-13,20H,7,14-19,21-22H2,(H,39,40). The second-order valence-electron chi connectivity index (χ2n) is 11.2. The van der Waals surface area contributed by atoms with Gasteiger partial charge in [-0.05, 0) is 61.7 Å². The summed E-state index contributed by atoms with van der Waals surface area (Å²) >= 11 is 0. The van der Waals surface area contributed by atoms with Crippen molar-refractivity contribution < 1.29 is 28.3 Å². The predicted molar refractivity (Wildman–Crippen MR) is 153 cm³/mol. The first-order valence-corrected chi connectivity index (χ1v) is 14.2. The van der Waals surface area contributed by atoms with E-state index in [2.05, 4.69) is 9.80 Å². The number of fused-ring (bicyclic) bond motifs is 1. The predicted octanol–water partition coefficient (Wildman–Crippen LogP) is 4.55. The number of carbonyl (C=O) groups is 3. The van der Waals surface area contributed by atoms with Crippen LogP contribution in [0.3, 0.4) is 0 Å².